The largest absolute Gasteiger partial charge is 0.493 e. The molecule has 20 heavy (non-hydrogen) atoms. The second kappa shape index (κ2) is 6.97. The maximum atomic E-state index is 6.13. The molecule has 1 atom stereocenters. The third kappa shape index (κ3) is 3.78. The van der Waals surface area contributed by atoms with Gasteiger partial charge in [-0.1, -0.05) is 39.7 Å². The highest BCUT2D eigenvalue weighted by atomic mass is 79.9. The van der Waals surface area contributed by atoms with Crippen LogP contribution in [0.1, 0.15) is 28.4 Å². The number of alkyl halides is 1. The van der Waals surface area contributed by atoms with Crippen LogP contribution < -0.4 is 4.74 Å². The summed E-state index contributed by atoms with van der Waals surface area (Å²) in [5.74, 6) is 0.859. The van der Waals surface area contributed by atoms with Gasteiger partial charge in [0.05, 0.1) is 15.9 Å². The highest BCUT2D eigenvalue weighted by Crippen LogP contribution is 2.36. The molecule has 0 heterocycles. The maximum Gasteiger partial charge on any atom is 0.133 e. The summed E-state index contributed by atoms with van der Waals surface area (Å²) in [5.41, 5.74) is 3.45. The van der Waals surface area contributed by atoms with Gasteiger partial charge in [-0.25, -0.2) is 0 Å². The summed E-state index contributed by atoms with van der Waals surface area (Å²) in [7, 11) is 0. The van der Waals surface area contributed by atoms with Crippen molar-refractivity contribution in [2.45, 2.75) is 18.7 Å². The number of halogens is 3. The quantitative estimate of drug-likeness (QED) is 0.530. The van der Waals surface area contributed by atoms with E-state index in [0.717, 1.165) is 31.9 Å². The maximum absolute atomic E-state index is 6.13. The van der Waals surface area contributed by atoms with Crippen LogP contribution in [0.5, 0.6) is 5.75 Å². The first-order valence-corrected chi connectivity index (χ1v) is 8.43. The van der Waals surface area contributed by atoms with Gasteiger partial charge in [-0.15, -0.1) is 0 Å². The molecule has 2 rings (SSSR count). The average molecular weight is 419 g/mol. The molecule has 0 spiro atoms. The molecule has 0 amide bonds. The zero-order chi connectivity index (χ0) is 14.7. The van der Waals surface area contributed by atoms with Gasteiger partial charge in [0, 0.05) is 5.02 Å². The molecular formula is C16H15Br2ClO. The second-order valence-corrected chi connectivity index (χ2v) is 6.75. The standard InChI is InChI=1S/C16H15Br2ClO/c1-3-20-15-5-4-11(9-14(15)17)16(18)12-6-10(2)7-13(19)8-12/h4-9,16H,3H2,1-2H3. The SMILES string of the molecule is CCOc1ccc(C(Br)c2cc(C)cc(Cl)c2)cc1Br. The molecule has 1 unspecified atom stereocenters. The normalized spacial score (nSPS) is 12.2. The summed E-state index contributed by atoms with van der Waals surface area (Å²) in [6, 6.07) is 12.2. The van der Waals surface area contributed by atoms with Gasteiger partial charge < -0.3 is 4.74 Å². The number of benzene rings is 2. The Morgan fingerprint density at radius 2 is 1.90 bits per heavy atom. The molecule has 2 aromatic carbocycles. The fourth-order valence-corrected chi connectivity index (χ4v) is 3.41. The minimum Gasteiger partial charge on any atom is -0.493 e. The summed E-state index contributed by atoms with van der Waals surface area (Å²) in [5, 5.41) is 0.759. The van der Waals surface area contributed by atoms with Gasteiger partial charge in [0.25, 0.3) is 0 Å². The van der Waals surface area contributed by atoms with Crippen LogP contribution in [0.2, 0.25) is 5.02 Å². The van der Waals surface area contributed by atoms with E-state index in [1.165, 1.54) is 0 Å². The van der Waals surface area contributed by atoms with Crippen molar-refractivity contribution in [3.05, 3.63) is 62.6 Å². The van der Waals surface area contributed by atoms with Crippen LogP contribution in [-0.4, -0.2) is 6.61 Å². The van der Waals surface area contributed by atoms with Crippen molar-refractivity contribution in [2.75, 3.05) is 6.61 Å². The summed E-state index contributed by atoms with van der Waals surface area (Å²) in [6.45, 7) is 4.68. The fourth-order valence-electron chi connectivity index (χ4n) is 2.05. The van der Waals surface area contributed by atoms with E-state index in [0.29, 0.717) is 6.61 Å². The monoisotopic (exact) mass is 416 g/mol. The molecule has 0 aliphatic carbocycles. The molecule has 4 heteroatoms. The van der Waals surface area contributed by atoms with Crippen LogP contribution in [0, 0.1) is 6.92 Å². The minimum absolute atomic E-state index is 0.104. The molecule has 1 nitrogen and oxygen atoms in total. The van der Waals surface area contributed by atoms with E-state index in [-0.39, 0.29) is 4.83 Å². The fraction of sp³-hybridized carbons (Fsp3) is 0.250. The molecule has 0 bridgehead atoms. The van der Waals surface area contributed by atoms with Crippen LogP contribution in [0.3, 0.4) is 0 Å². The Morgan fingerprint density at radius 3 is 2.50 bits per heavy atom. The van der Waals surface area contributed by atoms with E-state index in [2.05, 4.69) is 50.1 Å². The number of aryl methyl sites for hydroxylation is 1. The van der Waals surface area contributed by atoms with Gasteiger partial charge in [0.1, 0.15) is 5.75 Å². The zero-order valence-electron chi connectivity index (χ0n) is 11.3. The first-order valence-electron chi connectivity index (χ1n) is 6.34. The first kappa shape index (κ1) is 15.9. The van der Waals surface area contributed by atoms with Crippen molar-refractivity contribution < 1.29 is 4.74 Å². The molecule has 0 aromatic heterocycles. The first-order chi connectivity index (χ1) is 9.51. The number of hydrogen-bond acceptors (Lipinski definition) is 1. The molecule has 106 valence electrons. The lowest BCUT2D eigenvalue weighted by atomic mass is 10.0. The topological polar surface area (TPSA) is 9.23 Å². The van der Waals surface area contributed by atoms with E-state index in [9.17, 15) is 0 Å². The third-order valence-electron chi connectivity index (χ3n) is 2.91. The molecular weight excluding hydrogens is 403 g/mol. The Bertz CT molecular complexity index is 593. The van der Waals surface area contributed by atoms with Crippen molar-refractivity contribution in [1.29, 1.82) is 0 Å². The van der Waals surface area contributed by atoms with Crippen molar-refractivity contribution in [1.82, 2.24) is 0 Å². The molecule has 0 saturated heterocycles. The van der Waals surface area contributed by atoms with Crippen LogP contribution in [-0.2, 0) is 0 Å². The summed E-state index contributed by atoms with van der Waals surface area (Å²) >= 11 is 13.4. The van der Waals surface area contributed by atoms with Crippen LogP contribution in [0.4, 0.5) is 0 Å². The van der Waals surface area contributed by atoms with E-state index in [1.54, 1.807) is 0 Å². The predicted octanol–water partition coefficient (Wildman–Crippen LogP) is 6.29. The minimum atomic E-state index is 0.104. The van der Waals surface area contributed by atoms with E-state index in [1.807, 2.05) is 32.0 Å². The summed E-state index contributed by atoms with van der Waals surface area (Å²) in [6.07, 6.45) is 0. The van der Waals surface area contributed by atoms with Crippen molar-refractivity contribution in [3.63, 3.8) is 0 Å². The van der Waals surface area contributed by atoms with Gasteiger partial charge in [0.15, 0.2) is 0 Å². The van der Waals surface area contributed by atoms with E-state index < -0.39 is 0 Å². The van der Waals surface area contributed by atoms with E-state index in [4.69, 9.17) is 16.3 Å². The van der Waals surface area contributed by atoms with Gasteiger partial charge in [-0.05, 0) is 70.7 Å². The molecule has 0 N–H and O–H groups in total. The molecule has 0 aliphatic heterocycles. The Hall–Kier alpha value is -0.510. The van der Waals surface area contributed by atoms with E-state index >= 15 is 0 Å². The van der Waals surface area contributed by atoms with Crippen molar-refractivity contribution in [2.24, 2.45) is 0 Å². The van der Waals surface area contributed by atoms with Gasteiger partial charge in [-0.2, -0.15) is 0 Å². The average Bonchev–Trinajstić information content (AvgIpc) is 2.39. The Kier molecular flexibility index (Phi) is 5.53. The molecule has 0 fully saturated rings. The van der Waals surface area contributed by atoms with Crippen LogP contribution in [0.25, 0.3) is 0 Å². The Labute approximate surface area is 141 Å². The van der Waals surface area contributed by atoms with Gasteiger partial charge in [0.2, 0.25) is 0 Å². The Morgan fingerprint density at radius 1 is 1.15 bits per heavy atom. The zero-order valence-corrected chi connectivity index (χ0v) is 15.2. The lowest BCUT2D eigenvalue weighted by molar-refractivity contribution is 0.338. The lowest BCUT2D eigenvalue weighted by Gasteiger charge is -2.14. The summed E-state index contributed by atoms with van der Waals surface area (Å²) in [4.78, 5) is 0.104. The molecule has 0 saturated carbocycles. The van der Waals surface area contributed by atoms with Crippen LogP contribution in [0.15, 0.2) is 40.9 Å². The van der Waals surface area contributed by atoms with Crippen molar-refractivity contribution in [3.8, 4) is 5.75 Å². The second-order valence-electron chi connectivity index (χ2n) is 4.55. The molecule has 0 aliphatic rings. The number of hydrogen-bond donors (Lipinski definition) is 0. The molecule has 2 aromatic rings. The lowest BCUT2D eigenvalue weighted by Crippen LogP contribution is -1.96. The summed E-state index contributed by atoms with van der Waals surface area (Å²) < 4.78 is 6.49. The Balaban J connectivity index is 2.33. The highest BCUT2D eigenvalue weighted by Gasteiger charge is 2.13. The van der Waals surface area contributed by atoms with Gasteiger partial charge in [-0.3, -0.25) is 0 Å². The highest BCUT2D eigenvalue weighted by molar-refractivity contribution is 9.10. The third-order valence-corrected chi connectivity index (χ3v) is 4.80. The number of rotatable bonds is 4. The number of ether oxygens (including phenoxy) is 1. The van der Waals surface area contributed by atoms with Crippen molar-refractivity contribution >= 4 is 43.5 Å². The smallest absolute Gasteiger partial charge is 0.133 e. The predicted molar refractivity (Wildman–Crippen MR) is 92.3 cm³/mol. The van der Waals surface area contributed by atoms with Gasteiger partial charge >= 0.3 is 0 Å². The molecule has 0 radical (unpaired) electrons. The van der Waals surface area contributed by atoms with Crippen LogP contribution >= 0.6 is 43.5 Å².